The van der Waals surface area contributed by atoms with Crippen molar-refractivity contribution in [2.75, 3.05) is 133 Å². The summed E-state index contributed by atoms with van der Waals surface area (Å²) in [6.07, 6.45) is 9.58. The molecule has 10 aromatic heterocycles. The first-order chi connectivity index (χ1) is 52.0. The minimum atomic E-state index is -0.130. The van der Waals surface area contributed by atoms with Crippen molar-refractivity contribution >= 4 is 78.2 Å². The van der Waals surface area contributed by atoms with Gasteiger partial charge in [0.2, 0.25) is 0 Å². The molecule has 4 aliphatic rings. The zero-order chi connectivity index (χ0) is 74.4. The van der Waals surface area contributed by atoms with Crippen LogP contribution in [0.1, 0.15) is 36.0 Å². The molecule has 107 heavy (non-hydrogen) atoms. The molecule has 0 bridgehead atoms. The van der Waals surface area contributed by atoms with E-state index in [-0.39, 0.29) is 28.3 Å². The van der Waals surface area contributed by atoms with Crippen LogP contribution in [0.4, 0.5) is 22.7 Å². The van der Waals surface area contributed by atoms with Gasteiger partial charge in [0, 0.05) is 167 Å². The third kappa shape index (κ3) is 16.3. The first-order valence-corrected chi connectivity index (χ1v) is 37.5. The van der Waals surface area contributed by atoms with Crippen LogP contribution in [0.15, 0.2) is 171 Å². The second-order valence-electron chi connectivity index (χ2n) is 26.8. The van der Waals surface area contributed by atoms with Gasteiger partial charge in [0.1, 0.15) is 33.3 Å². The molecule has 17 rings (SSSR count). The van der Waals surface area contributed by atoms with Gasteiger partial charge in [-0.2, -0.15) is 0 Å². The number of anilines is 4. The van der Waals surface area contributed by atoms with Crippen molar-refractivity contribution in [3.63, 3.8) is 0 Å². The highest BCUT2D eigenvalue weighted by Crippen LogP contribution is 2.35. The number of pyridine rings is 4. The molecular weight excluding hydrogens is 1390 g/mol. The molecule has 2 atom stereocenters. The Morgan fingerprint density at radius 1 is 0.458 bits per heavy atom. The lowest BCUT2D eigenvalue weighted by molar-refractivity contribution is 0.355. The predicted molar refractivity (Wildman–Crippen MR) is 426 cm³/mol. The lowest BCUT2D eigenvalue weighted by Gasteiger charge is -2.33. The second-order valence-corrected chi connectivity index (χ2v) is 28.9. The van der Waals surface area contributed by atoms with Gasteiger partial charge in [0.15, 0.2) is 23.0 Å². The number of ether oxygens (including phenoxy) is 4. The zero-order valence-electron chi connectivity index (χ0n) is 61.1. The molecule has 28 heteroatoms. The monoisotopic (exact) mass is 1480 g/mol. The van der Waals surface area contributed by atoms with E-state index in [1.807, 2.05) is 124 Å². The Bertz CT molecular complexity index is 5670. The number of thiazole rings is 2. The van der Waals surface area contributed by atoms with E-state index in [0.717, 1.165) is 169 Å². The molecular formula is C79H86N18O8S2. The summed E-state index contributed by atoms with van der Waals surface area (Å²) in [5.74, 6) is 2.47. The van der Waals surface area contributed by atoms with E-state index in [1.54, 1.807) is 81.6 Å². The molecule has 5 N–H and O–H groups in total. The summed E-state index contributed by atoms with van der Waals surface area (Å²) in [7, 11) is 6.35. The quantitative estimate of drug-likeness (QED) is 0.0888. The summed E-state index contributed by atoms with van der Waals surface area (Å²) < 4.78 is 28.9. The van der Waals surface area contributed by atoms with Crippen molar-refractivity contribution in [3.8, 4) is 67.5 Å². The van der Waals surface area contributed by atoms with Gasteiger partial charge < -0.3 is 60.2 Å². The van der Waals surface area contributed by atoms with Crippen LogP contribution in [0.2, 0.25) is 0 Å². The summed E-state index contributed by atoms with van der Waals surface area (Å²) in [4.78, 5) is 87.8. The third-order valence-corrected chi connectivity index (χ3v) is 21.3. The maximum atomic E-state index is 12.9. The molecule has 0 amide bonds. The molecule has 4 fully saturated rings. The van der Waals surface area contributed by atoms with Crippen LogP contribution >= 0.6 is 22.7 Å². The predicted octanol–water partition coefficient (Wildman–Crippen LogP) is 9.02. The number of rotatable bonds is 12. The van der Waals surface area contributed by atoms with Crippen molar-refractivity contribution in [2.24, 2.45) is 5.73 Å². The van der Waals surface area contributed by atoms with Gasteiger partial charge in [-0.1, -0.05) is 6.07 Å². The van der Waals surface area contributed by atoms with Crippen LogP contribution in [-0.4, -0.2) is 173 Å². The van der Waals surface area contributed by atoms with Crippen molar-refractivity contribution in [1.29, 1.82) is 0 Å². The Hall–Kier alpha value is -11.1. The van der Waals surface area contributed by atoms with Crippen molar-refractivity contribution < 1.29 is 18.9 Å². The van der Waals surface area contributed by atoms with Crippen LogP contribution in [0.5, 0.6) is 23.0 Å². The minimum absolute atomic E-state index is 0.0654. The second kappa shape index (κ2) is 32.3. The van der Waals surface area contributed by atoms with E-state index in [1.165, 1.54) is 17.4 Å². The Morgan fingerprint density at radius 2 is 0.944 bits per heavy atom. The highest BCUT2D eigenvalue weighted by atomic mass is 32.1. The molecule has 0 aliphatic carbocycles. The zero-order valence-corrected chi connectivity index (χ0v) is 62.7. The molecule has 0 spiro atoms. The van der Waals surface area contributed by atoms with Crippen LogP contribution in [0.3, 0.4) is 0 Å². The summed E-state index contributed by atoms with van der Waals surface area (Å²) in [6.45, 7) is 20.3. The van der Waals surface area contributed by atoms with Crippen molar-refractivity contribution in [2.45, 2.75) is 52.6 Å². The van der Waals surface area contributed by atoms with E-state index in [4.69, 9.17) is 34.6 Å². The number of benzene rings is 3. The number of fused-ring (bicyclic) bond motifs is 5. The van der Waals surface area contributed by atoms with Crippen molar-refractivity contribution in [3.05, 3.63) is 209 Å². The number of nitrogens with zero attached hydrogens (tertiary/aromatic N) is 14. The van der Waals surface area contributed by atoms with E-state index in [0.29, 0.717) is 74.4 Å². The van der Waals surface area contributed by atoms with E-state index < -0.39 is 0 Å². The SMILES string of the molecule is COc1ccc(-c2cc(=O)n3cc(N4CCNCC4)cc(C)c3n2)cc1OC.COc1ccc(-c2cc(=O)n3cc(N4CC[C@H](N)C4)ccc3n2)cc1OC.Cc1csc(-c2cc(=O)n3cc(N4CCN[C@@H](C)C4)ccc3n2)n1.Cc1nc2cc(-c3cc(=O)n4cc(N5CCCNCC5)ccc4n3)ccc2s1. The van der Waals surface area contributed by atoms with Crippen LogP contribution in [0, 0.1) is 20.8 Å². The number of hydrogen-bond acceptors (Lipinski definition) is 24. The normalized spacial score (nSPS) is 16.0. The average Bonchev–Trinajstić information content (AvgIpc) is 1.29. The van der Waals surface area contributed by atoms with E-state index in [9.17, 15) is 19.2 Å². The average molecular weight is 1480 g/mol. The van der Waals surface area contributed by atoms with Gasteiger partial charge in [0.25, 0.3) is 22.2 Å². The fourth-order valence-electron chi connectivity index (χ4n) is 13.8. The molecule has 4 saturated heterocycles. The molecule has 0 unspecified atom stereocenters. The molecule has 552 valence electrons. The van der Waals surface area contributed by atoms with Gasteiger partial charge >= 0.3 is 0 Å². The molecule has 26 nitrogen and oxygen atoms in total. The summed E-state index contributed by atoms with van der Waals surface area (Å²) in [5, 5.41) is 14.0. The highest BCUT2D eigenvalue weighted by molar-refractivity contribution is 7.18. The number of nitrogens with two attached hydrogens (primary N) is 1. The van der Waals surface area contributed by atoms with Gasteiger partial charge in [0.05, 0.1) is 83.5 Å². The summed E-state index contributed by atoms with van der Waals surface area (Å²) in [5.41, 5.74) is 20.3. The smallest absolute Gasteiger partial charge is 0.258 e. The Labute approximate surface area is 625 Å². The van der Waals surface area contributed by atoms with Crippen LogP contribution < -0.4 is 82.5 Å². The molecule has 13 aromatic rings. The minimum Gasteiger partial charge on any atom is -0.493 e. The van der Waals surface area contributed by atoms with Crippen molar-refractivity contribution in [1.82, 2.24) is 63.5 Å². The first-order valence-electron chi connectivity index (χ1n) is 35.8. The molecule has 14 heterocycles. The van der Waals surface area contributed by atoms with E-state index in [2.05, 4.69) is 80.6 Å². The topological polar surface area (TPSA) is 275 Å². The maximum Gasteiger partial charge on any atom is 0.258 e. The van der Waals surface area contributed by atoms with Gasteiger partial charge in [-0.3, -0.25) is 36.8 Å². The van der Waals surface area contributed by atoms with Gasteiger partial charge in [-0.15, -0.1) is 22.7 Å². The number of hydrogen-bond donors (Lipinski definition) is 4. The third-order valence-electron chi connectivity index (χ3n) is 19.4. The van der Waals surface area contributed by atoms with Crippen LogP contribution in [0.25, 0.3) is 77.3 Å². The largest absolute Gasteiger partial charge is 0.493 e. The first kappa shape index (κ1) is 72.8. The molecule has 4 aliphatic heterocycles. The van der Waals surface area contributed by atoms with Gasteiger partial charge in [-0.05, 0) is 144 Å². The standard InChI is InChI=1S/C21H21N5OS.C21H24N4O3.C20H22N4O3.C17H19N5OS/c1-14-23-18-11-15(3-5-19(18)28-14)17-12-21(27)26-13-16(4-6-20(26)24-17)25-9-2-7-22-8-10-25;1-14-10-16(24-8-6-22-7-9-24)13-25-20(26)12-17(23-21(14)25)15-4-5-18(27-2)19(11-15)28-3;1-26-17-5-3-13(9-18(17)27-2)16-10-20(25)24-12-15(4-6-19(24)22-16)23-8-7-14(21)11-23;1-11-8-21(6-5-18-11)13-3-4-15-20-14(7-16(23)22(15)9-13)17-19-12(2)10-24-17/h3-6,11-13,22H,2,7-10H2,1H3;4-5,10-13,22H,6-9H2,1-3H3;3-6,9-10,12,14H,7-8,11,21H2,1-2H3;3-4,7,9-11,18H,5-6,8H2,1-2H3/t;;14-;11-/m..00/s1. The van der Waals surface area contributed by atoms with Crippen LogP contribution in [-0.2, 0) is 0 Å². The Morgan fingerprint density at radius 3 is 1.49 bits per heavy atom. The lowest BCUT2D eigenvalue weighted by atomic mass is 10.1. The molecule has 0 radical (unpaired) electrons. The number of nitrogens with one attached hydrogen (secondary N) is 3. The summed E-state index contributed by atoms with van der Waals surface area (Å²) >= 11 is 3.18. The Balaban J connectivity index is 0.000000120. The van der Waals surface area contributed by atoms with Gasteiger partial charge in [-0.25, -0.2) is 29.9 Å². The van der Waals surface area contributed by atoms with E-state index >= 15 is 0 Å². The number of aryl methyl sites for hydroxylation is 3. The molecule has 3 aromatic carbocycles. The fraction of sp³-hybridized carbons (Fsp3) is 0.316. The summed E-state index contributed by atoms with van der Waals surface area (Å²) in [6, 6.07) is 37.9. The highest BCUT2D eigenvalue weighted by Gasteiger charge is 2.23. The number of piperazine rings is 2. The Kier molecular flexibility index (Phi) is 22.0. The number of methoxy groups -OCH3 is 4. The lowest BCUT2D eigenvalue weighted by Crippen LogP contribution is -2.49. The maximum absolute atomic E-state index is 12.9. The fourth-order valence-corrected chi connectivity index (χ4v) is 15.4. The number of aromatic nitrogens is 10. The molecule has 0 saturated carbocycles.